The number of aliphatic hydroxyl groups is 1. The van der Waals surface area contributed by atoms with Gasteiger partial charge in [0.25, 0.3) is 0 Å². The summed E-state index contributed by atoms with van der Waals surface area (Å²) < 4.78 is 26.8. The highest BCUT2D eigenvalue weighted by atomic mass is 32.2. The van der Waals surface area contributed by atoms with E-state index in [9.17, 15) is 13.5 Å². The number of anilines is 1. The van der Waals surface area contributed by atoms with Gasteiger partial charge in [-0.05, 0) is 31.0 Å². The molecule has 1 aromatic heterocycles. The van der Waals surface area contributed by atoms with E-state index in [1.807, 2.05) is 0 Å². The van der Waals surface area contributed by atoms with Crippen LogP contribution in [0.25, 0.3) is 10.9 Å². The smallest absolute Gasteiger partial charge is 0.245 e. The SMILES string of the molecule is Nc1ccc2c(S(=O)(=O)N3CCCC3CO)c[nH]c2c1. The Bertz CT molecular complexity index is 738. The predicted molar refractivity (Wildman–Crippen MR) is 76.7 cm³/mol. The normalized spacial score (nSPS) is 20.8. The molecule has 1 unspecified atom stereocenters. The van der Waals surface area contributed by atoms with E-state index >= 15 is 0 Å². The number of aromatic amines is 1. The number of aromatic nitrogens is 1. The van der Waals surface area contributed by atoms with Crippen LogP contribution in [-0.4, -0.2) is 42.0 Å². The van der Waals surface area contributed by atoms with Crippen LogP contribution in [0, 0.1) is 0 Å². The lowest BCUT2D eigenvalue weighted by atomic mass is 10.2. The zero-order valence-corrected chi connectivity index (χ0v) is 11.7. The van der Waals surface area contributed by atoms with Gasteiger partial charge in [-0.3, -0.25) is 0 Å². The van der Waals surface area contributed by atoms with Gasteiger partial charge in [0.05, 0.1) is 6.61 Å². The number of benzene rings is 1. The van der Waals surface area contributed by atoms with Gasteiger partial charge < -0.3 is 15.8 Å². The second-order valence-corrected chi connectivity index (χ2v) is 6.91. The number of hydrogen-bond donors (Lipinski definition) is 3. The van der Waals surface area contributed by atoms with E-state index in [4.69, 9.17) is 5.73 Å². The minimum Gasteiger partial charge on any atom is -0.399 e. The van der Waals surface area contributed by atoms with Crippen molar-refractivity contribution in [1.82, 2.24) is 9.29 Å². The highest BCUT2D eigenvalue weighted by molar-refractivity contribution is 7.89. The van der Waals surface area contributed by atoms with Gasteiger partial charge in [0.2, 0.25) is 10.0 Å². The quantitative estimate of drug-likeness (QED) is 0.732. The first-order valence-electron chi connectivity index (χ1n) is 6.53. The number of hydrogen-bond acceptors (Lipinski definition) is 4. The fourth-order valence-corrected chi connectivity index (χ4v) is 4.62. The molecule has 0 radical (unpaired) electrons. The topological polar surface area (TPSA) is 99.4 Å². The first-order valence-corrected chi connectivity index (χ1v) is 7.97. The number of nitrogens with zero attached hydrogens (tertiary/aromatic N) is 1. The Balaban J connectivity index is 2.10. The van der Waals surface area contributed by atoms with Crippen molar-refractivity contribution >= 4 is 26.6 Å². The molecule has 0 aliphatic carbocycles. The molecule has 0 bridgehead atoms. The van der Waals surface area contributed by atoms with Crippen LogP contribution < -0.4 is 5.73 Å². The summed E-state index contributed by atoms with van der Waals surface area (Å²) >= 11 is 0. The van der Waals surface area contributed by atoms with Gasteiger partial charge in [0.1, 0.15) is 4.90 Å². The van der Waals surface area contributed by atoms with Gasteiger partial charge >= 0.3 is 0 Å². The maximum absolute atomic E-state index is 12.7. The summed E-state index contributed by atoms with van der Waals surface area (Å²) in [5.41, 5.74) is 6.97. The lowest BCUT2D eigenvalue weighted by molar-refractivity contribution is 0.213. The Morgan fingerprint density at radius 3 is 3.00 bits per heavy atom. The van der Waals surface area contributed by atoms with Crippen molar-refractivity contribution in [2.24, 2.45) is 0 Å². The van der Waals surface area contributed by atoms with E-state index in [-0.39, 0.29) is 17.5 Å². The molecule has 1 saturated heterocycles. The third-order valence-electron chi connectivity index (χ3n) is 3.79. The first-order chi connectivity index (χ1) is 9.54. The van der Waals surface area contributed by atoms with Gasteiger partial charge in [0.15, 0.2) is 0 Å². The van der Waals surface area contributed by atoms with Gasteiger partial charge in [-0.1, -0.05) is 0 Å². The number of H-pyrrole nitrogens is 1. The molecule has 0 amide bonds. The molecule has 20 heavy (non-hydrogen) atoms. The first kappa shape index (κ1) is 13.4. The minimum atomic E-state index is -3.59. The molecule has 1 aromatic carbocycles. The molecule has 3 rings (SSSR count). The molecule has 0 spiro atoms. The van der Waals surface area contributed by atoms with Crippen LogP contribution in [0.15, 0.2) is 29.3 Å². The fourth-order valence-electron chi connectivity index (χ4n) is 2.77. The van der Waals surface area contributed by atoms with Crippen LogP contribution in [0.2, 0.25) is 0 Å². The van der Waals surface area contributed by atoms with Crippen LogP contribution in [0.1, 0.15) is 12.8 Å². The van der Waals surface area contributed by atoms with Crippen molar-refractivity contribution < 1.29 is 13.5 Å². The number of nitrogen functional groups attached to an aromatic ring is 1. The highest BCUT2D eigenvalue weighted by Crippen LogP contribution is 2.31. The molecule has 1 aliphatic rings. The van der Waals surface area contributed by atoms with E-state index in [2.05, 4.69) is 4.98 Å². The molecule has 1 atom stereocenters. The van der Waals surface area contributed by atoms with Crippen molar-refractivity contribution in [2.75, 3.05) is 18.9 Å². The molecule has 1 aliphatic heterocycles. The Labute approximate surface area is 117 Å². The molecule has 6 nitrogen and oxygen atoms in total. The van der Waals surface area contributed by atoms with Crippen molar-refractivity contribution in [1.29, 1.82) is 0 Å². The molecular weight excluding hydrogens is 278 g/mol. The molecule has 4 N–H and O–H groups in total. The molecule has 2 aromatic rings. The van der Waals surface area contributed by atoms with Gasteiger partial charge in [-0.25, -0.2) is 8.42 Å². The standard InChI is InChI=1S/C13H17N3O3S/c14-9-3-4-11-12(6-9)15-7-13(11)20(18,19)16-5-1-2-10(16)8-17/h3-4,6-7,10,15,17H,1-2,5,8,14H2. The Morgan fingerprint density at radius 2 is 2.25 bits per heavy atom. The van der Waals surface area contributed by atoms with E-state index in [1.54, 1.807) is 18.2 Å². The maximum atomic E-state index is 12.7. The third kappa shape index (κ3) is 1.98. The van der Waals surface area contributed by atoms with Gasteiger partial charge in [0, 0.05) is 35.4 Å². The zero-order valence-electron chi connectivity index (χ0n) is 10.9. The summed E-state index contributed by atoms with van der Waals surface area (Å²) in [6.45, 7) is 0.309. The second kappa shape index (κ2) is 4.76. The number of nitrogens with two attached hydrogens (primary N) is 1. The summed E-state index contributed by atoms with van der Waals surface area (Å²) in [7, 11) is -3.59. The maximum Gasteiger partial charge on any atom is 0.245 e. The van der Waals surface area contributed by atoms with Gasteiger partial charge in [-0.15, -0.1) is 0 Å². The van der Waals surface area contributed by atoms with Crippen LogP contribution in [-0.2, 0) is 10.0 Å². The lowest BCUT2D eigenvalue weighted by Crippen LogP contribution is -2.37. The molecule has 0 saturated carbocycles. The number of rotatable bonds is 3. The van der Waals surface area contributed by atoms with Crippen molar-refractivity contribution in [2.45, 2.75) is 23.8 Å². The van der Waals surface area contributed by atoms with Crippen LogP contribution in [0.3, 0.4) is 0 Å². The van der Waals surface area contributed by atoms with E-state index < -0.39 is 10.0 Å². The Kier molecular flexibility index (Phi) is 3.19. The number of sulfonamides is 1. The summed E-state index contributed by atoms with van der Waals surface area (Å²) in [5.74, 6) is 0. The van der Waals surface area contributed by atoms with Crippen LogP contribution >= 0.6 is 0 Å². The van der Waals surface area contributed by atoms with E-state index in [0.29, 0.717) is 29.6 Å². The van der Waals surface area contributed by atoms with Crippen molar-refractivity contribution in [3.63, 3.8) is 0 Å². The van der Waals surface area contributed by atoms with Crippen LogP contribution in [0.5, 0.6) is 0 Å². The Hall–Kier alpha value is -1.57. The molecule has 108 valence electrons. The number of aliphatic hydroxyl groups excluding tert-OH is 1. The monoisotopic (exact) mass is 295 g/mol. The molecule has 2 heterocycles. The summed E-state index contributed by atoms with van der Waals surface area (Å²) in [6, 6.07) is 4.78. The number of fused-ring (bicyclic) bond motifs is 1. The molecule has 7 heteroatoms. The van der Waals surface area contributed by atoms with Gasteiger partial charge in [-0.2, -0.15) is 4.31 Å². The highest BCUT2D eigenvalue weighted by Gasteiger charge is 2.36. The van der Waals surface area contributed by atoms with E-state index in [1.165, 1.54) is 10.5 Å². The largest absolute Gasteiger partial charge is 0.399 e. The van der Waals surface area contributed by atoms with E-state index in [0.717, 1.165) is 6.42 Å². The lowest BCUT2D eigenvalue weighted by Gasteiger charge is -2.21. The summed E-state index contributed by atoms with van der Waals surface area (Å²) in [6.07, 6.45) is 2.97. The molecule has 1 fully saturated rings. The predicted octanol–water partition coefficient (Wildman–Crippen LogP) is 0.895. The van der Waals surface area contributed by atoms with Crippen LogP contribution in [0.4, 0.5) is 5.69 Å². The fraction of sp³-hybridized carbons (Fsp3) is 0.385. The average Bonchev–Trinajstić information content (AvgIpc) is 3.04. The minimum absolute atomic E-state index is 0.144. The summed E-state index contributed by atoms with van der Waals surface area (Å²) in [5, 5.41) is 9.94. The average molecular weight is 295 g/mol. The zero-order chi connectivity index (χ0) is 14.3. The second-order valence-electron chi connectivity index (χ2n) is 5.05. The van der Waals surface area contributed by atoms with Crippen molar-refractivity contribution in [3.8, 4) is 0 Å². The van der Waals surface area contributed by atoms with Crippen molar-refractivity contribution in [3.05, 3.63) is 24.4 Å². The molecular formula is C13H17N3O3S. The number of nitrogens with one attached hydrogen (secondary N) is 1. The Morgan fingerprint density at radius 1 is 1.45 bits per heavy atom. The third-order valence-corrected chi connectivity index (χ3v) is 5.78. The summed E-state index contributed by atoms with van der Waals surface area (Å²) in [4.78, 5) is 3.19.